The molecule has 0 bridgehead atoms. The minimum atomic E-state index is 0.909. The normalized spacial score (nSPS) is 12.0. The van der Waals surface area contributed by atoms with Gasteiger partial charge in [-0.05, 0) is 102 Å². The van der Waals surface area contributed by atoms with Gasteiger partial charge in [-0.3, -0.25) is 4.57 Å². The topological polar surface area (TPSA) is 27.7 Å². The Morgan fingerprint density at radius 3 is 1.44 bits per heavy atom. The van der Waals surface area contributed by atoms with E-state index in [9.17, 15) is 0 Å². The van der Waals surface area contributed by atoms with Crippen molar-refractivity contribution in [3.63, 3.8) is 0 Å². The average molecular weight is 701 g/mol. The van der Waals surface area contributed by atoms with Crippen molar-refractivity contribution >= 4 is 76.3 Å². The highest BCUT2D eigenvalue weighted by Gasteiger charge is 2.19. The molecule has 0 aliphatic carbocycles. The first kappa shape index (κ1) is 30.1. The number of aromatic nitrogens is 4. The minimum Gasteiger partial charge on any atom is -0.309 e. The summed E-state index contributed by atoms with van der Waals surface area (Å²) in [5.74, 6) is 0.909. The van der Waals surface area contributed by atoms with E-state index in [1.807, 2.05) is 0 Å². The van der Waals surface area contributed by atoms with Gasteiger partial charge in [-0.25, -0.2) is 4.98 Å². The van der Waals surface area contributed by atoms with Gasteiger partial charge in [0, 0.05) is 49.1 Å². The van der Waals surface area contributed by atoms with E-state index in [1.165, 1.54) is 65.5 Å². The van der Waals surface area contributed by atoms with E-state index < -0.39 is 0 Å². The summed E-state index contributed by atoms with van der Waals surface area (Å²) in [6.07, 6.45) is 0. The molecule has 0 unspecified atom stereocenters. The zero-order valence-electron chi connectivity index (χ0n) is 29.8. The molecule has 12 aromatic rings. The second-order valence-corrected chi connectivity index (χ2v) is 14.4. The Morgan fingerprint density at radius 2 is 0.764 bits per heavy atom. The molecule has 0 fully saturated rings. The quantitative estimate of drug-likeness (QED) is 0.180. The Kier molecular flexibility index (Phi) is 6.31. The SMILES string of the molecule is c1ccc(-n2c3ccccc3c3cc(-c4ccc5c(c4)c4cc(-n6c7ccccc7c7ccccc76)ccc4n5-c4ccc5ccccc5n4)ccc32)cc1. The molecule has 0 spiro atoms. The van der Waals surface area contributed by atoms with Gasteiger partial charge in [0.15, 0.2) is 0 Å². The molecule has 0 N–H and O–H groups in total. The number of pyridine rings is 1. The summed E-state index contributed by atoms with van der Waals surface area (Å²) in [6, 6.07) is 70.2. The largest absolute Gasteiger partial charge is 0.309 e. The summed E-state index contributed by atoms with van der Waals surface area (Å²) in [7, 11) is 0. The van der Waals surface area contributed by atoms with E-state index >= 15 is 0 Å². The lowest BCUT2D eigenvalue weighted by molar-refractivity contribution is 1.10. The second-order valence-electron chi connectivity index (χ2n) is 14.4. The molecule has 256 valence electrons. The summed E-state index contributed by atoms with van der Waals surface area (Å²) < 4.78 is 7.10. The van der Waals surface area contributed by atoms with Crippen LogP contribution in [0.5, 0.6) is 0 Å². The van der Waals surface area contributed by atoms with E-state index in [-0.39, 0.29) is 0 Å². The molecule has 4 heteroatoms. The van der Waals surface area contributed by atoms with Crippen LogP contribution in [0.3, 0.4) is 0 Å². The molecule has 4 heterocycles. The highest BCUT2D eigenvalue weighted by molar-refractivity contribution is 6.14. The van der Waals surface area contributed by atoms with Gasteiger partial charge in [0.1, 0.15) is 5.82 Å². The number of rotatable bonds is 4. The number of benzene rings is 8. The molecule has 4 aromatic heterocycles. The number of nitrogens with zero attached hydrogens (tertiary/aromatic N) is 4. The Labute approximate surface area is 316 Å². The van der Waals surface area contributed by atoms with E-state index in [0.29, 0.717) is 0 Å². The number of para-hydroxylation sites is 5. The van der Waals surface area contributed by atoms with Crippen molar-refractivity contribution in [3.8, 4) is 28.3 Å². The fourth-order valence-electron chi connectivity index (χ4n) is 8.96. The van der Waals surface area contributed by atoms with Gasteiger partial charge in [0.2, 0.25) is 0 Å². The molecular weight excluding hydrogens is 669 g/mol. The minimum absolute atomic E-state index is 0.909. The van der Waals surface area contributed by atoms with Crippen LogP contribution in [0.1, 0.15) is 0 Å². The molecule has 0 saturated carbocycles. The fourth-order valence-corrected chi connectivity index (χ4v) is 8.96. The van der Waals surface area contributed by atoms with Gasteiger partial charge < -0.3 is 9.13 Å². The van der Waals surface area contributed by atoms with Crippen LogP contribution >= 0.6 is 0 Å². The lowest BCUT2D eigenvalue weighted by Gasteiger charge is -2.10. The van der Waals surface area contributed by atoms with E-state index in [2.05, 4.69) is 208 Å². The molecule has 0 saturated heterocycles. The van der Waals surface area contributed by atoms with Crippen molar-refractivity contribution in [2.24, 2.45) is 0 Å². The second kappa shape index (κ2) is 11.5. The summed E-state index contributed by atoms with van der Waals surface area (Å²) in [5.41, 5.74) is 12.7. The van der Waals surface area contributed by atoms with Crippen LogP contribution in [0, 0.1) is 0 Å². The Balaban J connectivity index is 1.11. The van der Waals surface area contributed by atoms with Gasteiger partial charge in [-0.15, -0.1) is 0 Å². The Morgan fingerprint density at radius 1 is 0.291 bits per heavy atom. The summed E-state index contributed by atoms with van der Waals surface area (Å²) in [5, 5.41) is 8.52. The first-order valence-corrected chi connectivity index (χ1v) is 18.8. The highest BCUT2D eigenvalue weighted by Crippen LogP contribution is 2.40. The molecule has 4 nitrogen and oxygen atoms in total. The molecule has 0 aliphatic rings. The van der Waals surface area contributed by atoms with Gasteiger partial charge in [0.25, 0.3) is 0 Å². The van der Waals surface area contributed by atoms with Gasteiger partial charge >= 0.3 is 0 Å². The number of hydrogen-bond acceptors (Lipinski definition) is 1. The van der Waals surface area contributed by atoms with Crippen molar-refractivity contribution in [2.45, 2.75) is 0 Å². The molecule has 12 rings (SSSR count). The molecule has 0 amide bonds. The summed E-state index contributed by atoms with van der Waals surface area (Å²) in [4.78, 5) is 5.20. The van der Waals surface area contributed by atoms with Crippen LogP contribution in [0.25, 0.3) is 105 Å². The van der Waals surface area contributed by atoms with Crippen LogP contribution in [-0.4, -0.2) is 18.7 Å². The van der Waals surface area contributed by atoms with Crippen molar-refractivity contribution in [1.29, 1.82) is 0 Å². The molecular formula is C51H32N4. The Hall–Kier alpha value is -7.43. The van der Waals surface area contributed by atoms with E-state index in [1.54, 1.807) is 0 Å². The first-order valence-electron chi connectivity index (χ1n) is 18.8. The van der Waals surface area contributed by atoms with Crippen LogP contribution < -0.4 is 0 Å². The van der Waals surface area contributed by atoms with Crippen LogP contribution in [0.2, 0.25) is 0 Å². The maximum absolute atomic E-state index is 5.20. The molecule has 0 radical (unpaired) electrons. The van der Waals surface area contributed by atoms with Crippen molar-refractivity contribution in [2.75, 3.05) is 0 Å². The summed E-state index contributed by atoms with van der Waals surface area (Å²) >= 11 is 0. The lowest BCUT2D eigenvalue weighted by atomic mass is 10.0. The number of fused-ring (bicyclic) bond motifs is 10. The maximum Gasteiger partial charge on any atom is 0.138 e. The van der Waals surface area contributed by atoms with Crippen molar-refractivity contribution < 1.29 is 0 Å². The van der Waals surface area contributed by atoms with Gasteiger partial charge in [-0.1, -0.05) is 103 Å². The zero-order valence-corrected chi connectivity index (χ0v) is 29.8. The van der Waals surface area contributed by atoms with Crippen molar-refractivity contribution in [3.05, 3.63) is 194 Å². The predicted octanol–water partition coefficient (Wildman–Crippen LogP) is 13.2. The van der Waals surface area contributed by atoms with Crippen LogP contribution in [0.15, 0.2) is 194 Å². The third-order valence-electron chi connectivity index (χ3n) is 11.4. The average Bonchev–Trinajstić information content (AvgIpc) is 3.89. The van der Waals surface area contributed by atoms with Gasteiger partial charge in [-0.2, -0.15) is 0 Å². The molecule has 8 aromatic carbocycles. The van der Waals surface area contributed by atoms with Crippen molar-refractivity contribution in [1.82, 2.24) is 18.7 Å². The van der Waals surface area contributed by atoms with E-state index in [4.69, 9.17) is 4.98 Å². The number of hydrogen-bond donors (Lipinski definition) is 0. The molecule has 55 heavy (non-hydrogen) atoms. The third kappa shape index (κ3) is 4.43. The highest BCUT2D eigenvalue weighted by atomic mass is 15.1. The molecule has 0 aliphatic heterocycles. The molecule has 0 atom stereocenters. The smallest absolute Gasteiger partial charge is 0.138 e. The zero-order chi connectivity index (χ0) is 36.0. The van der Waals surface area contributed by atoms with Crippen LogP contribution in [-0.2, 0) is 0 Å². The Bertz CT molecular complexity index is 3440. The third-order valence-corrected chi connectivity index (χ3v) is 11.4. The van der Waals surface area contributed by atoms with Crippen LogP contribution in [0.4, 0.5) is 0 Å². The van der Waals surface area contributed by atoms with Gasteiger partial charge in [0.05, 0.1) is 38.6 Å². The van der Waals surface area contributed by atoms with E-state index in [0.717, 1.165) is 39.1 Å². The monoisotopic (exact) mass is 700 g/mol. The standard InChI is InChI=1S/C51H32N4/c1-2-13-36(14-3-1)53-47-21-11-7-17-40(47)41-30-34(22-26-48(41)53)35-23-27-49-42(31-35)43-32-37(54-45-19-9-5-15-38(45)39-16-6-10-20-46(39)54)25-28-50(43)55(49)51-29-24-33-12-4-8-18-44(33)52-51/h1-32H. The first-order chi connectivity index (χ1) is 27.3. The summed E-state index contributed by atoms with van der Waals surface area (Å²) in [6.45, 7) is 0. The predicted molar refractivity (Wildman–Crippen MR) is 230 cm³/mol. The fraction of sp³-hybridized carbons (Fsp3) is 0. The maximum atomic E-state index is 5.20. The lowest BCUT2D eigenvalue weighted by Crippen LogP contribution is -1.98.